The van der Waals surface area contributed by atoms with E-state index < -0.39 is 0 Å². The number of nitrogens with one attached hydrogen (secondary N) is 2. The first-order valence-electron chi connectivity index (χ1n) is 3.16. The first-order chi connectivity index (χ1) is 5.25. The van der Waals surface area contributed by atoms with Gasteiger partial charge in [-0.05, 0) is 12.2 Å². The van der Waals surface area contributed by atoms with E-state index in [1.165, 1.54) is 0 Å². The van der Waals surface area contributed by atoms with Gasteiger partial charge in [-0.1, -0.05) is 0 Å². The van der Waals surface area contributed by atoms with Gasteiger partial charge in [-0.15, -0.1) is 11.3 Å². The lowest BCUT2D eigenvalue weighted by atomic mass is 10.6. The van der Waals surface area contributed by atoms with E-state index in [1.807, 2.05) is 24.5 Å². The molecule has 0 atom stereocenters. The maximum absolute atomic E-state index is 5.00. The number of thiazole rings is 1. The highest BCUT2D eigenvalue weighted by atomic mass is 32.1. The fourth-order valence-corrected chi connectivity index (χ4v) is 2.01. The van der Waals surface area contributed by atoms with Crippen molar-refractivity contribution in [3.8, 4) is 0 Å². The highest BCUT2D eigenvalue weighted by Crippen LogP contribution is 1.87. The molecule has 0 radical (unpaired) electrons. The predicted molar refractivity (Wildman–Crippen MR) is 48.6 cm³/mol. The Kier molecular flexibility index (Phi) is 1.47. The molecule has 0 bridgehead atoms. The molecule has 2 rings (SSSR count). The summed E-state index contributed by atoms with van der Waals surface area (Å²) in [6.07, 6.45) is 3.91. The summed E-state index contributed by atoms with van der Waals surface area (Å²) in [7, 11) is 1.94. The third-order valence-corrected chi connectivity index (χ3v) is 2.62. The van der Waals surface area contributed by atoms with Crippen molar-refractivity contribution in [3.63, 3.8) is 0 Å². The molecule has 0 fully saturated rings. The van der Waals surface area contributed by atoms with Crippen LogP contribution in [-0.4, -0.2) is 17.0 Å². The van der Waals surface area contributed by atoms with Gasteiger partial charge in [-0.25, -0.2) is 0 Å². The van der Waals surface area contributed by atoms with E-state index >= 15 is 0 Å². The summed E-state index contributed by atoms with van der Waals surface area (Å²) in [5.41, 5.74) is 3.05. The second-order valence-corrected chi connectivity index (χ2v) is 4.02. The molecule has 0 spiro atoms. The van der Waals surface area contributed by atoms with Gasteiger partial charge in [0.25, 0.3) is 0 Å². The minimum absolute atomic E-state index is 0.819. The van der Waals surface area contributed by atoms with Crippen molar-refractivity contribution in [1.29, 1.82) is 0 Å². The Morgan fingerprint density at radius 3 is 3.27 bits per heavy atom. The molecule has 1 aromatic rings. The fraction of sp³-hybridized carbons (Fsp3) is 0.167. The molecule has 0 amide bonds. The molecule has 11 heavy (non-hydrogen) atoms. The van der Waals surface area contributed by atoms with Gasteiger partial charge >= 0.3 is 0 Å². The summed E-state index contributed by atoms with van der Waals surface area (Å²) in [5.74, 6) is 0. The number of hydrogen-bond acceptors (Lipinski definition) is 4. The largest absolute Gasteiger partial charge is 0.336 e. The number of H-pyrrole nitrogens is 1. The zero-order chi connectivity index (χ0) is 7.84. The Morgan fingerprint density at radius 2 is 2.45 bits per heavy atom. The van der Waals surface area contributed by atoms with Crippen molar-refractivity contribution in [2.45, 2.75) is 0 Å². The molecule has 0 aromatic carbocycles. The number of hydrazine groups is 1. The van der Waals surface area contributed by atoms with Gasteiger partial charge < -0.3 is 10.4 Å². The highest BCUT2D eigenvalue weighted by molar-refractivity contribution is 7.73. The maximum Gasteiger partial charge on any atom is 0.159 e. The summed E-state index contributed by atoms with van der Waals surface area (Å²) in [5, 5.41) is 2.96. The minimum atomic E-state index is 0.819. The molecule has 2 heterocycles. The topological polar surface area (TPSA) is 31.1 Å². The summed E-state index contributed by atoms with van der Waals surface area (Å²) in [4.78, 5) is 3.09. The van der Waals surface area contributed by atoms with Crippen LogP contribution in [0, 0.1) is 3.95 Å². The SMILES string of the molecule is CN1C=c2[nH]c(=S)sc2=CN1. The third kappa shape index (κ3) is 1.17. The van der Waals surface area contributed by atoms with Crippen LogP contribution in [0.5, 0.6) is 0 Å². The van der Waals surface area contributed by atoms with Crippen molar-refractivity contribution < 1.29 is 0 Å². The predicted octanol–water partition coefficient (Wildman–Crippen LogP) is -0.268. The molecule has 2 N–H and O–H groups in total. The number of hydrogen-bond donors (Lipinski definition) is 2. The number of fused-ring (bicyclic) bond motifs is 1. The van der Waals surface area contributed by atoms with E-state index in [4.69, 9.17) is 12.2 Å². The Balaban J connectivity index is 2.82. The van der Waals surface area contributed by atoms with Crippen LogP contribution in [0.4, 0.5) is 0 Å². The number of rotatable bonds is 0. The Labute approximate surface area is 72.6 Å². The third-order valence-electron chi connectivity index (χ3n) is 1.43. The second kappa shape index (κ2) is 2.35. The maximum atomic E-state index is 5.00. The van der Waals surface area contributed by atoms with Crippen LogP contribution in [0.25, 0.3) is 12.4 Å². The molecule has 58 valence electrons. The van der Waals surface area contributed by atoms with Crippen LogP contribution in [0.15, 0.2) is 0 Å². The molecule has 0 aliphatic carbocycles. The van der Waals surface area contributed by atoms with Crippen LogP contribution in [0.3, 0.4) is 0 Å². The summed E-state index contributed by atoms with van der Waals surface area (Å²) in [6, 6.07) is 0. The fourth-order valence-electron chi connectivity index (χ4n) is 0.946. The van der Waals surface area contributed by atoms with Crippen molar-refractivity contribution >= 4 is 36.0 Å². The molecule has 0 saturated carbocycles. The normalized spacial score (nSPS) is 14.5. The quantitative estimate of drug-likeness (QED) is 0.546. The Hall–Kier alpha value is -0.810. The van der Waals surface area contributed by atoms with E-state index in [1.54, 1.807) is 11.3 Å². The standard InChI is InChI=1S/C6H7N3S2/c1-9-3-4-5(2-7-9)11-6(10)8-4/h2-3,7H,1H3,(H,8,10). The van der Waals surface area contributed by atoms with Crippen LogP contribution in [0.2, 0.25) is 0 Å². The molecule has 5 heteroatoms. The molecule has 3 nitrogen and oxygen atoms in total. The zero-order valence-electron chi connectivity index (χ0n) is 5.92. The molecule has 1 aromatic heterocycles. The van der Waals surface area contributed by atoms with Crippen LogP contribution in [-0.2, 0) is 0 Å². The van der Waals surface area contributed by atoms with Crippen molar-refractivity contribution in [1.82, 2.24) is 15.4 Å². The van der Waals surface area contributed by atoms with Crippen molar-refractivity contribution in [2.75, 3.05) is 7.05 Å². The average molecular weight is 185 g/mol. The lowest BCUT2D eigenvalue weighted by Gasteiger charge is -2.14. The lowest BCUT2D eigenvalue weighted by Crippen LogP contribution is -2.38. The summed E-state index contributed by atoms with van der Waals surface area (Å²) in [6.45, 7) is 0. The Morgan fingerprint density at radius 1 is 1.64 bits per heavy atom. The van der Waals surface area contributed by atoms with E-state index in [2.05, 4.69) is 10.4 Å². The molecular weight excluding hydrogens is 178 g/mol. The van der Waals surface area contributed by atoms with Crippen LogP contribution < -0.4 is 15.3 Å². The lowest BCUT2D eigenvalue weighted by molar-refractivity contribution is 0.439. The Bertz CT molecular complexity index is 427. The van der Waals surface area contributed by atoms with Gasteiger partial charge in [0.05, 0.1) is 9.88 Å². The van der Waals surface area contributed by atoms with Gasteiger partial charge in [0.2, 0.25) is 0 Å². The minimum Gasteiger partial charge on any atom is -0.336 e. The van der Waals surface area contributed by atoms with Crippen LogP contribution in [0.1, 0.15) is 0 Å². The van der Waals surface area contributed by atoms with Gasteiger partial charge in [0.15, 0.2) is 3.95 Å². The smallest absolute Gasteiger partial charge is 0.159 e. The van der Waals surface area contributed by atoms with Gasteiger partial charge in [0, 0.05) is 19.4 Å². The number of nitrogens with zero attached hydrogens (tertiary/aromatic N) is 1. The monoisotopic (exact) mass is 185 g/mol. The average Bonchev–Trinajstić information content (AvgIpc) is 2.27. The molecule has 1 aliphatic rings. The molecule has 0 saturated heterocycles. The zero-order valence-corrected chi connectivity index (χ0v) is 7.55. The van der Waals surface area contributed by atoms with Gasteiger partial charge in [0.1, 0.15) is 0 Å². The van der Waals surface area contributed by atoms with Crippen LogP contribution >= 0.6 is 23.6 Å². The van der Waals surface area contributed by atoms with Gasteiger partial charge in [-0.3, -0.25) is 5.01 Å². The number of aromatic nitrogens is 1. The van der Waals surface area contributed by atoms with Crippen molar-refractivity contribution in [3.05, 3.63) is 13.8 Å². The van der Waals surface area contributed by atoms with E-state index in [9.17, 15) is 0 Å². The summed E-state index contributed by atoms with van der Waals surface area (Å²) >= 11 is 6.57. The molecular formula is C6H7N3S2. The van der Waals surface area contributed by atoms with Crippen molar-refractivity contribution in [2.24, 2.45) is 0 Å². The summed E-state index contributed by atoms with van der Waals surface area (Å²) < 4.78 is 1.98. The molecule has 1 aliphatic heterocycles. The van der Waals surface area contributed by atoms with E-state index in [-0.39, 0.29) is 0 Å². The first kappa shape index (κ1) is 6.87. The first-order valence-corrected chi connectivity index (χ1v) is 4.38. The highest BCUT2D eigenvalue weighted by Gasteiger charge is 1.97. The molecule has 0 unspecified atom stereocenters. The second-order valence-electron chi connectivity index (χ2n) is 2.31. The van der Waals surface area contributed by atoms with Gasteiger partial charge in [-0.2, -0.15) is 0 Å². The number of aromatic amines is 1. The van der Waals surface area contributed by atoms with E-state index in [0.29, 0.717) is 0 Å². The van der Waals surface area contributed by atoms with E-state index in [0.717, 1.165) is 13.8 Å².